The predicted molar refractivity (Wildman–Crippen MR) is 252 cm³/mol. The van der Waals surface area contributed by atoms with Crippen LogP contribution in [0.5, 0.6) is 0 Å². The van der Waals surface area contributed by atoms with Gasteiger partial charge in [-0.15, -0.1) is 0 Å². The van der Waals surface area contributed by atoms with Gasteiger partial charge in [0.1, 0.15) is 0 Å². The molecule has 2 fully saturated rings. The van der Waals surface area contributed by atoms with E-state index in [4.69, 9.17) is 14.6 Å². The monoisotopic (exact) mass is 1300 g/mol. The van der Waals surface area contributed by atoms with Crippen LogP contribution in [0.4, 0.5) is 0 Å². The second-order valence-electron chi connectivity index (χ2n) is 13.1. The third kappa shape index (κ3) is 30.0. The Morgan fingerprint density at radius 2 is 0.761 bits per heavy atom. The average Bonchev–Trinajstić information content (AvgIpc) is 2.93. The van der Waals surface area contributed by atoms with Gasteiger partial charge >= 0.3 is 114 Å². The molecule has 2 saturated heterocycles. The second kappa shape index (κ2) is 39.4. The van der Waals surface area contributed by atoms with E-state index >= 15 is 0 Å². The van der Waals surface area contributed by atoms with Gasteiger partial charge in [-0.1, -0.05) is 133 Å². The van der Waals surface area contributed by atoms with Crippen molar-refractivity contribution in [1.82, 2.24) is 0 Å². The van der Waals surface area contributed by atoms with E-state index < -0.39 is 0 Å². The van der Waals surface area contributed by atoms with Gasteiger partial charge in [0, 0.05) is 7.11 Å². The first-order valence-corrected chi connectivity index (χ1v) is 38.3. The zero-order valence-electron chi connectivity index (χ0n) is 30.8. The van der Waals surface area contributed by atoms with Crippen molar-refractivity contribution in [2.45, 2.75) is 170 Å². The van der Waals surface area contributed by atoms with Gasteiger partial charge in [0.25, 0.3) is 0 Å². The molecule has 0 bridgehead atoms. The van der Waals surface area contributed by atoms with E-state index in [-0.39, 0.29) is 38.0 Å². The molecule has 0 amide bonds. The van der Waals surface area contributed by atoms with Gasteiger partial charge < -0.3 is 20.3 Å². The molecule has 4 nitrogen and oxygen atoms in total. The molecule has 10 atom stereocenters. The number of hydrogen-bond donors (Lipinski definition) is 2. The van der Waals surface area contributed by atoms with Crippen molar-refractivity contribution >= 4 is 99.9 Å². The number of aliphatic hydroxyl groups is 1. The summed E-state index contributed by atoms with van der Waals surface area (Å²) in [6, 6.07) is 0. The summed E-state index contributed by atoms with van der Waals surface area (Å²) < 4.78 is 12.6. The second-order valence-corrected chi connectivity index (χ2v) is 60.3. The van der Waals surface area contributed by atoms with E-state index in [0.29, 0.717) is 57.6 Å². The van der Waals surface area contributed by atoms with Gasteiger partial charge in [-0.25, -0.2) is 0 Å². The number of ether oxygens (including phenoxy) is 2. The third-order valence-corrected chi connectivity index (χ3v) is 8.60. The normalized spacial score (nSPS) is 29.5. The van der Waals surface area contributed by atoms with Crippen molar-refractivity contribution in [1.29, 1.82) is 0 Å². The molecule has 2 rings (SSSR count). The van der Waals surface area contributed by atoms with Gasteiger partial charge in [0.05, 0.1) is 24.4 Å². The Morgan fingerprint density at radius 3 is 0.891 bits per heavy atom. The maximum absolute atomic E-state index is 7.00. The van der Waals surface area contributed by atoms with Crippen LogP contribution in [-0.2, 0) is 23.9 Å². The van der Waals surface area contributed by atoms with E-state index in [0.717, 1.165) is 31.8 Å². The summed E-state index contributed by atoms with van der Waals surface area (Å²) in [7, 11) is 3.13. The van der Waals surface area contributed by atoms with Crippen LogP contribution in [0.2, 0.25) is 0 Å². The van der Waals surface area contributed by atoms with Crippen LogP contribution in [0.25, 0.3) is 0 Å². The van der Waals surface area contributed by atoms with E-state index in [9.17, 15) is 0 Å². The van der Waals surface area contributed by atoms with E-state index in [1.165, 1.54) is 7.05 Å². The zero-order valence-corrected chi connectivity index (χ0v) is 44.4. The molecule has 46 heavy (non-hydrogen) atoms. The van der Waals surface area contributed by atoms with Crippen molar-refractivity contribution in [3.8, 4) is 0 Å². The molecular weight excluding hydrogens is 1220 g/mol. The fourth-order valence-corrected chi connectivity index (χ4v) is 5.98. The Bertz CT molecular complexity index is 547. The quantitative estimate of drug-likeness (QED) is 0.271. The molecule has 2 aliphatic rings. The van der Waals surface area contributed by atoms with Gasteiger partial charge in [-0.2, -0.15) is 0 Å². The summed E-state index contributed by atoms with van der Waals surface area (Å²) in [5, 5.41) is 7.00. The van der Waals surface area contributed by atoms with Crippen LogP contribution in [-0.4, -0.2) is 43.7 Å². The van der Waals surface area contributed by atoms with Crippen LogP contribution in [0.15, 0.2) is 0 Å². The Morgan fingerprint density at radius 1 is 0.587 bits per heavy atom. The molecule has 291 valence electrons. The minimum absolute atomic E-state index is 0. The Hall–Kier alpha value is 4.66. The maximum atomic E-state index is 7.00. The number of rotatable bonds is 2. The van der Waals surface area contributed by atoms with Crippen LogP contribution < -0.4 is 5.73 Å². The molecule has 0 aliphatic carbocycles. The number of hydrogen-bond acceptors (Lipinski definition) is 4. The summed E-state index contributed by atoms with van der Waals surface area (Å²) >= 11 is 12.1. The van der Waals surface area contributed by atoms with E-state index in [1.807, 2.05) is 13.8 Å². The fraction of sp³-hybridized carbons (Fsp3) is 1.00. The van der Waals surface area contributed by atoms with E-state index in [2.05, 4.69) is 203 Å². The third-order valence-electron chi connectivity index (χ3n) is 8.60. The predicted octanol–water partition coefficient (Wildman–Crippen LogP) is 14.8. The first-order valence-electron chi connectivity index (χ1n) is 15.8. The standard InChI is InChI=1S/2C14H28O.C2H6.CH5N.CH4O.3CH4.5HI.2V/c2*1-8-12-10(3)9(2)11(4)13(15-12)14(5,6)7;3*1-2;;;;;;;;;;/h2*9-13H,8H2,1-7H3;1-2H3;2H2,1H3;2H,1H3;3*1H4;5*1H;;/q;;;;;;;;;;;;;+2;+3/p-5/t9-,10+,11+,12+,13?;9-,10-,11+,12+,13?;;;;;;;;;;;;;/m00............./s1. The van der Waals surface area contributed by atoms with E-state index in [1.54, 1.807) is 0 Å². The fourth-order valence-electron chi connectivity index (χ4n) is 5.98. The number of aliphatic hydroxyl groups excluding tert-OH is 1. The first kappa shape index (κ1) is 68.6. The summed E-state index contributed by atoms with van der Waals surface area (Å²) in [5.41, 5.74) is 5.03. The van der Waals surface area contributed by atoms with Gasteiger partial charge in [-0.3, -0.25) is 0 Å². The molecule has 2 aliphatic heterocycles. The topological polar surface area (TPSA) is 64.7 Å². The van der Waals surface area contributed by atoms with Gasteiger partial charge in [-0.05, 0) is 66.2 Å². The molecule has 0 aromatic heterocycles. The molecule has 0 aromatic rings. The minimum atomic E-state index is -0.278. The number of halogens is 5. The van der Waals surface area contributed by atoms with Crippen LogP contribution in [0.3, 0.4) is 0 Å². The summed E-state index contributed by atoms with van der Waals surface area (Å²) in [6.45, 7) is 36.4. The zero-order chi connectivity index (χ0) is 35.9. The number of nitrogens with two attached hydrogens (primary N) is 1. The average molecular weight is 1300 g/mol. The first-order chi connectivity index (χ1) is 19.7. The molecule has 0 aromatic carbocycles. The van der Waals surface area contributed by atoms with Gasteiger partial charge in [0.2, 0.25) is 0 Å². The molecule has 0 saturated carbocycles. The molecule has 3 N–H and O–H groups in total. The molecule has 0 spiro atoms. The Labute approximate surface area is 360 Å². The van der Waals surface area contributed by atoms with Crippen LogP contribution in [0.1, 0.15) is 146 Å². The summed E-state index contributed by atoms with van der Waals surface area (Å²) in [4.78, 5) is -0.278. The van der Waals surface area contributed by atoms with Crippen molar-refractivity contribution in [3.63, 3.8) is 0 Å². The molecule has 0 radical (unpaired) electrons. The van der Waals surface area contributed by atoms with Crippen molar-refractivity contribution in [3.05, 3.63) is 0 Å². The van der Waals surface area contributed by atoms with Crippen molar-refractivity contribution in [2.75, 3.05) is 14.2 Å². The Balaban J connectivity index is -0.0000000731. The van der Waals surface area contributed by atoms with Crippen molar-refractivity contribution in [2.24, 2.45) is 52.1 Å². The Kier molecular flexibility index (Phi) is 58.7. The molecule has 11 heteroatoms. The summed E-state index contributed by atoms with van der Waals surface area (Å²) in [5.74, 6) is 4.28. The van der Waals surface area contributed by atoms with Gasteiger partial charge in [0.15, 0.2) is 0 Å². The van der Waals surface area contributed by atoms with Crippen LogP contribution >= 0.6 is 99.9 Å². The molecule has 2 heterocycles. The summed E-state index contributed by atoms with van der Waals surface area (Å²) in [6.07, 6.45) is 4.03. The van der Waals surface area contributed by atoms with Crippen molar-refractivity contribution < 1.29 is 29.0 Å². The molecule has 2 unspecified atom stereocenters. The van der Waals surface area contributed by atoms with Crippen LogP contribution in [0, 0.1) is 46.3 Å². The molecular formula is C35H83I5NO3V2. The SMILES string of the molecule is C.C.C.CC.CC[C@H]1OC(C(C)(C)C)[C@H](C)[C@@H](C)[C@@H]1C.CC[C@H]1OC(C(C)(C)C)[C@H](C)[C@@H](C)[C@H]1C.CN.CO.[I][V]([I])[I].[I][V][I].